The number of carboxylic acids is 1. The van der Waals surface area contributed by atoms with E-state index in [1.807, 2.05) is 0 Å². The number of halogens is 1. The van der Waals surface area contributed by atoms with E-state index < -0.39 is 5.97 Å². The van der Waals surface area contributed by atoms with Crippen LogP contribution in [-0.2, 0) is 0 Å². The number of aromatic carboxylic acids is 1. The van der Waals surface area contributed by atoms with Crippen molar-refractivity contribution in [3.8, 4) is 0 Å². The molecule has 0 amide bonds. The van der Waals surface area contributed by atoms with Crippen molar-refractivity contribution in [3.05, 3.63) is 22.8 Å². The van der Waals surface area contributed by atoms with Crippen LogP contribution in [0.3, 0.4) is 0 Å². The summed E-state index contributed by atoms with van der Waals surface area (Å²) >= 11 is 5.74. The Balaban J connectivity index is 2.00. The van der Waals surface area contributed by atoms with Crippen LogP contribution in [0.5, 0.6) is 0 Å². The third-order valence-corrected chi connectivity index (χ3v) is 3.39. The molecule has 0 bridgehead atoms. The van der Waals surface area contributed by atoms with Crippen LogP contribution in [0.4, 0.5) is 5.82 Å². The SMILES string of the molecule is CC(CNc1ccc(Cl)c(C(=O)O)n1)C1CC1. The molecule has 1 aromatic heterocycles. The number of pyridine rings is 1. The number of hydrogen-bond acceptors (Lipinski definition) is 3. The van der Waals surface area contributed by atoms with Crippen LogP contribution in [0.2, 0.25) is 5.02 Å². The average Bonchev–Trinajstić information content (AvgIpc) is 3.11. The highest BCUT2D eigenvalue weighted by atomic mass is 35.5. The number of aromatic nitrogens is 1. The molecule has 2 N–H and O–H groups in total. The van der Waals surface area contributed by atoms with E-state index >= 15 is 0 Å². The van der Waals surface area contributed by atoms with Gasteiger partial charge in [-0.05, 0) is 36.8 Å². The highest BCUT2D eigenvalue weighted by Crippen LogP contribution is 2.36. The van der Waals surface area contributed by atoms with Crippen molar-refractivity contribution in [2.75, 3.05) is 11.9 Å². The van der Waals surface area contributed by atoms with Crippen LogP contribution >= 0.6 is 11.6 Å². The fourth-order valence-corrected chi connectivity index (χ4v) is 1.97. The van der Waals surface area contributed by atoms with Gasteiger partial charge in [0, 0.05) is 6.54 Å². The van der Waals surface area contributed by atoms with E-state index in [9.17, 15) is 4.79 Å². The molecule has 0 saturated heterocycles. The summed E-state index contributed by atoms with van der Waals surface area (Å²) in [7, 11) is 0. The molecular weight excluding hydrogens is 240 g/mol. The van der Waals surface area contributed by atoms with Crippen LogP contribution in [0.1, 0.15) is 30.3 Å². The molecule has 0 aromatic carbocycles. The second-order valence-electron chi connectivity index (χ2n) is 4.53. The van der Waals surface area contributed by atoms with Crippen molar-refractivity contribution in [2.45, 2.75) is 19.8 Å². The van der Waals surface area contributed by atoms with Gasteiger partial charge < -0.3 is 10.4 Å². The molecule has 1 aliphatic rings. The van der Waals surface area contributed by atoms with Gasteiger partial charge >= 0.3 is 5.97 Å². The Bertz CT molecular complexity index is 433. The van der Waals surface area contributed by atoms with E-state index in [-0.39, 0.29) is 10.7 Å². The molecule has 1 heterocycles. The monoisotopic (exact) mass is 254 g/mol. The minimum absolute atomic E-state index is 0.101. The average molecular weight is 255 g/mol. The number of carboxylic acid groups (broad SMARTS) is 1. The summed E-state index contributed by atoms with van der Waals surface area (Å²) in [6.07, 6.45) is 2.61. The Kier molecular flexibility index (Phi) is 3.52. The Morgan fingerprint density at radius 1 is 1.65 bits per heavy atom. The van der Waals surface area contributed by atoms with Gasteiger partial charge in [-0.1, -0.05) is 18.5 Å². The highest BCUT2D eigenvalue weighted by Gasteiger charge is 2.27. The molecule has 0 aliphatic heterocycles. The number of carbonyl (C=O) groups is 1. The van der Waals surface area contributed by atoms with E-state index in [4.69, 9.17) is 16.7 Å². The number of hydrogen-bond donors (Lipinski definition) is 2. The summed E-state index contributed by atoms with van der Waals surface area (Å²) in [6, 6.07) is 3.26. The van der Waals surface area contributed by atoms with Gasteiger partial charge in [0.25, 0.3) is 0 Å². The second kappa shape index (κ2) is 4.92. The van der Waals surface area contributed by atoms with Crippen LogP contribution in [0.15, 0.2) is 12.1 Å². The van der Waals surface area contributed by atoms with E-state index in [1.165, 1.54) is 12.8 Å². The van der Waals surface area contributed by atoms with E-state index in [0.717, 1.165) is 12.5 Å². The molecule has 0 radical (unpaired) electrons. The standard InChI is InChI=1S/C12H15ClN2O2/c1-7(8-2-3-8)6-14-10-5-4-9(13)11(15-10)12(16)17/h4-5,7-8H,2-3,6H2,1H3,(H,14,15)(H,16,17). The third kappa shape index (κ3) is 3.09. The smallest absolute Gasteiger partial charge is 0.356 e. The summed E-state index contributed by atoms with van der Waals surface area (Å²) in [5, 5.41) is 12.2. The van der Waals surface area contributed by atoms with Gasteiger partial charge in [0.05, 0.1) is 5.02 Å². The normalized spacial score (nSPS) is 16.6. The van der Waals surface area contributed by atoms with E-state index in [2.05, 4.69) is 17.2 Å². The lowest BCUT2D eigenvalue weighted by Gasteiger charge is -2.12. The maximum Gasteiger partial charge on any atom is 0.356 e. The lowest BCUT2D eigenvalue weighted by Crippen LogP contribution is -2.14. The Morgan fingerprint density at radius 2 is 2.35 bits per heavy atom. The molecule has 1 unspecified atom stereocenters. The number of nitrogens with one attached hydrogen (secondary N) is 1. The number of nitrogens with zero attached hydrogens (tertiary/aromatic N) is 1. The Morgan fingerprint density at radius 3 is 2.94 bits per heavy atom. The molecule has 0 spiro atoms. The number of rotatable bonds is 5. The molecule has 17 heavy (non-hydrogen) atoms. The topological polar surface area (TPSA) is 62.2 Å². The molecule has 2 rings (SSSR count). The van der Waals surface area contributed by atoms with Crippen LogP contribution < -0.4 is 5.32 Å². The van der Waals surface area contributed by atoms with Crippen molar-refractivity contribution < 1.29 is 9.90 Å². The first-order chi connectivity index (χ1) is 8.08. The van der Waals surface area contributed by atoms with E-state index in [0.29, 0.717) is 11.7 Å². The van der Waals surface area contributed by atoms with Gasteiger partial charge in [0.2, 0.25) is 0 Å². The lowest BCUT2D eigenvalue weighted by molar-refractivity contribution is 0.0691. The number of anilines is 1. The fraction of sp³-hybridized carbons (Fsp3) is 0.500. The van der Waals surface area contributed by atoms with Gasteiger partial charge in [0.15, 0.2) is 5.69 Å². The molecular formula is C12H15ClN2O2. The quantitative estimate of drug-likeness (QED) is 0.848. The zero-order valence-electron chi connectivity index (χ0n) is 9.61. The molecule has 1 aliphatic carbocycles. The molecule has 4 nitrogen and oxygen atoms in total. The largest absolute Gasteiger partial charge is 0.476 e. The van der Waals surface area contributed by atoms with Crippen LogP contribution in [0, 0.1) is 11.8 Å². The maximum absolute atomic E-state index is 10.9. The fourth-order valence-electron chi connectivity index (χ4n) is 1.79. The molecule has 1 saturated carbocycles. The third-order valence-electron chi connectivity index (χ3n) is 3.08. The predicted octanol–water partition coefficient (Wildman–Crippen LogP) is 2.89. The maximum atomic E-state index is 10.9. The van der Waals surface area contributed by atoms with Crippen molar-refractivity contribution in [1.29, 1.82) is 0 Å². The first-order valence-electron chi connectivity index (χ1n) is 5.71. The molecule has 1 aromatic rings. The summed E-state index contributed by atoms with van der Waals surface area (Å²) < 4.78 is 0. The molecule has 92 valence electrons. The predicted molar refractivity (Wildman–Crippen MR) is 66.6 cm³/mol. The summed E-state index contributed by atoms with van der Waals surface area (Å²) in [6.45, 7) is 3.01. The molecule has 1 atom stereocenters. The summed E-state index contributed by atoms with van der Waals surface area (Å²) in [5.74, 6) is 0.877. The Labute approximate surface area is 105 Å². The first kappa shape index (κ1) is 12.2. The molecule has 1 fully saturated rings. The zero-order chi connectivity index (χ0) is 12.4. The van der Waals surface area contributed by atoms with Crippen LogP contribution in [-0.4, -0.2) is 22.6 Å². The van der Waals surface area contributed by atoms with Gasteiger partial charge in [0.1, 0.15) is 5.82 Å². The second-order valence-corrected chi connectivity index (χ2v) is 4.93. The summed E-state index contributed by atoms with van der Waals surface area (Å²) in [4.78, 5) is 14.8. The lowest BCUT2D eigenvalue weighted by atomic mass is 10.1. The minimum atomic E-state index is -1.10. The highest BCUT2D eigenvalue weighted by molar-refractivity contribution is 6.33. The van der Waals surface area contributed by atoms with E-state index in [1.54, 1.807) is 12.1 Å². The van der Waals surface area contributed by atoms with Crippen molar-refractivity contribution >= 4 is 23.4 Å². The Hall–Kier alpha value is -1.29. The van der Waals surface area contributed by atoms with Gasteiger partial charge in [-0.25, -0.2) is 9.78 Å². The minimum Gasteiger partial charge on any atom is -0.476 e. The zero-order valence-corrected chi connectivity index (χ0v) is 10.4. The van der Waals surface area contributed by atoms with Crippen molar-refractivity contribution in [1.82, 2.24) is 4.98 Å². The molecule has 5 heteroatoms. The first-order valence-corrected chi connectivity index (χ1v) is 6.09. The van der Waals surface area contributed by atoms with Crippen molar-refractivity contribution in [3.63, 3.8) is 0 Å². The van der Waals surface area contributed by atoms with Gasteiger partial charge in [-0.15, -0.1) is 0 Å². The van der Waals surface area contributed by atoms with Gasteiger partial charge in [-0.3, -0.25) is 0 Å². The van der Waals surface area contributed by atoms with Crippen molar-refractivity contribution in [2.24, 2.45) is 11.8 Å². The van der Waals surface area contributed by atoms with Crippen LogP contribution in [0.25, 0.3) is 0 Å². The summed E-state index contributed by atoms with van der Waals surface area (Å²) in [5.41, 5.74) is -0.101. The van der Waals surface area contributed by atoms with Gasteiger partial charge in [-0.2, -0.15) is 0 Å².